The van der Waals surface area contributed by atoms with Crippen molar-refractivity contribution in [2.24, 2.45) is 0 Å². The van der Waals surface area contributed by atoms with Crippen LogP contribution >= 0.6 is 0 Å². The molecule has 0 unspecified atom stereocenters. The molecule has 6 heteroatoms. The van der Waals surface area contributed by atoms with E-state index < -0.39 is 0 Å². The Morgan fingerprint density at radius 2 is 1.66 bits per heavy atom. The number of hydrogen-bond donors (Lipinski definition) is 0. The molecule has 2 aromatic carbocycles. The predicted octanol–water partition coefficient (Wildman–Crippen LogP) is 3.62. The highest BCUT2D eigenvalue weighted by atomic mass is 16.5. The fourth-order valence-electron chi connectivity index (χ4n) is 3.73. The summed E-state index contributed by atoms with van der Waals surface area (Å²) < 4.78 is 11.3. The quantitative estimate of drug-likeness (QED) is 0.546. The molecule has 1 fully saturated rings. The fourth-order valence-corrected chi connectivity index (χ4v) is 3.73. The maximum absolute atomic E-state index is 5.79. The Labute approximate surface area is 172 Å². The van der Waals surface area contributed by atoms with Gasteiger partial charge < -0.3 is 14.4 Å². The smallest absolute Gasteiger partial charge is 0.232 e. The van der Waals surface area contributed by atoms with Crippen LogP contribution in [0.15, 0.2) is 54.7 Å². The maximum atomic E-state index is 5.79. The second-order valence-electron chi connectivity index (χ2n) is 7.25. The zero-order valence-electron chi connectivity index (χ0n) is 17.0. The number of piperazine rings is 1. The average Bonchev–Trinajstić information content (AvgIpc) is 2.79. The van der Waals surface area contributed by atoms with Gasteiger partial charge in [-0.05, 0) is 43.7 Å². The summed E-state index contributed by atoms with van der Waals surface area (Å²) in [4.78, 5) is 13.8. The highest BCUT2D eigenvalue weighted by Gasteiger charge is 2.19. The van der Waals surface area contributed by atoms with Gasteiger partial charge in [0.1, 0.15) is 5.75 Å². The molecular formula is C23H28N4O2. The number of anilines is 1. The van der Waals surface area contributed by atoms with E-state index in [9.17, 15) is 0 Å². The number of ether oxygens (including phenoxy) is 2. The molecule has 0 spiro atoms. The molecule has 6 nitrogen and oxygen atoms in total. The summed E-state index contributed by atoms with van der Waals surface area (Å²) in [5.74, 6) is 1.56. The molecule has 1 aliphatic heterocycles. The lowest BCUT2D eigenvalue weighted by molar-refractivity contribution is 0.236. The lowest BCUT2D eigenvalue weighted by Crippen LogP contribution is -2.46. The van der Waals surface area contributed by atoms with Crippen molar-refractivity contribution in [3.8, 4) is 11.6 Å². The van der Waals surface area contributed by atoms with Gasteiger partial charge in [0.2, 0.25) is 5.88 Å². The van der Waals surface area contributed by atoms with Crippen LogP contribution in [0.25, 0.3) is 11.0 Å². The first-order valence-corrected chi connectivity index (χ1v) is 10.3. The van der Waals surface area contributed by atoms with E-state index in [2.05, 4.69) is 31.9 Å². The van der Waals surface area contributed by atoms with E-state index >= 15 is 0 Å². The van der Waals surface area contributed by atoms with Crippen LogP contribution in [0.2, 0.25) is 0 Å². The van der Waals surface area contributed by atoms with E-state index in [-0.39, 0.29) is 0 Å². The van der Waals surface area contributed by atoms with Crippen molar-refractivity contribution in [1.29, 1.82) is 0 Å². The third kappa shape index (κ3) is 4.95. The highest BCUT2D eigenvalue weighted by Crippen LogP contribution is 2.28. The summed E-state index contributed by atoms with van der Waals surface area (Å²) in [5, 5.41) is 0. The van der Waals surface area contributed by atoms with Gasteiger partial charge in [-0.25, -0.2) is 9.97 Å². The van der Waals surface area contributed by atoms with Crippen molar-refractivity contribution in [3.05, 3.63) is 54.7 Å². The molecule has 1 aromatic heterocycles. The molecule has 1 saturated heterocycles. The number of benzene rings is 2. The summed E-state index contributed by atoms with van der Waals surface area (Å²) in [5.41, 5.74) is 2.96. The van der Waals surface area contributed by atoms with Gasteiger partial charge >= 0.3 is 0 Å². The van der Waals surface area contributed by atoms with E-state index in [0.29, 0.717) is 12.5 Å². The summed E-state index contributed by atoms with van der Waals surface area (Å²) >= 11 is 0. The van der Waals surface area contributed by atoms with Gasteiger partial charge in [0.15, 0.2) is 0 Å². The number of methoxy groups -OCH3 is 1. The summed E-state index contributed by atoms with van der Waals surface area (Å²) in [7, 11) is 1.74. The van der Waals surface area contributed by atoms with E-state index in [1.165, 1.54) is 5.69 Å². The van der Waals surface area contributed by atoms with Crippen LogP contribution in [0.3, 0.4) is 0 Å². The Hall–Kier alpha value is -2.86. The minimum absolute atomic E-state index is 0.606. The molecule has 2 heterocycles. The number of unbranched alkanes of at least 4 members (excludes halogenated alkanes) is 1. The minimum atomic E-state index is 0.606. The third-order valence-electron chi connectivity index (χ3n) is 5.34. The zero-order chi connectivity index (χ0) is 19.9. The Bertz CT molecular complexity index is 925. The van der Waals surface area contributed by atoms with Crippen molar-refractivity contribution in [3.63, 3.8) is 0 Å². The summed E-state index contributed by atoms with van der Waals surface area (Å²) in [6.45, 7) is 6.00. The standard InChI is InChI=1S/C23H28N4O2/c1-28-22-11-5-4-10-21(22)27-15-13-26(14-16-27)12-6-7-17-29-23-18-24-19-8-2-3-9-20(19)25-23/h2-5,8-11,18H,6-7,12-17H2,1H3. The summed E-state index contributed by atoms with van der Waals surface area (Å²) in [6, 6.07) is 16.1. The lowest BCUT2D eigenvalue weighted by Gasteiger charge is -2.36. The Balaban J connectivity index is 1.16. The molecule has 0 bridgehead atoms. The second kappa shape index (κ2) is 9.56. The van der Waals surface area contributed by atoms with Crippen molar-refractivity contribution in [1.82, 2.24) is 14.9 Å². The van der Waals surface area contributed by atoms with Crippen LogP contribution < -0.4 is 14.4 Å². The van der Waals surface area contributed by atoms with Crippen LogP contribution in [0.1, 0.15) is 12.8 Å². The monoisotopic (exact) mass is 392 g/mol. The van der Waals surface area contributed by atoms with Gasteiger partial charge in [0, 0.05) is 26.2 Å². The molecule has 0 aliphatic carbocycles. The van der Waals surface area contributed by atoms with E-state index in [1.807, 2.05) is 36.4 Å². The number of aromatic nitrogens is 2. The van der Waals surface area contributed by atoms with Gasteiger partial charge in [-0.15, -0.1) is 0 Å². The van der Waals surface area contributed by atoms with Crippen LogP contribution in [0.4, 0.5) is 5.69 Å². The molecule has 0 atom stereocenters. The topological polar surface area (TPSA) is 50.7 Å². The molecular weight excluding hydrogens is 364 g/mol. The normalized spacial score (nSPS) is 14.9. The first kappa shape index (κ1) is 19.5. The van der Waals surface area contributed by atoms with Gasteiger partial charge in [-0.2, -0.15) is 0 Å². The van der Waals surface area contributed by atoms with Crippen molar-refractivity contribution in [2.75, 3.05) is 51.3 Å². The van der Waals surface area contributed by atoms with E-state index in [4.69, 9.17) is 9.47 Å². The molecule has 0 radical (unpaired) electrons. The van der Waals surface area contributed by atoms with Gasteiger partial charge in [0.05, 0.1) is 36.6 Å². The zero-order valence-corrected chi connectivity index (χ0v) is 17.0. The molecule has 1 aliphatic rings. The number of hydrogen-bond acceptors (Lipinski definition) is 6. The van der Waals surface area contributed by atoms with Crippen LogP contribution in [-0.2, 0) is 0 Å². The van der Waals surface area contributed by atoms with Crippen LogP contribution in [0.5, 0.6) is 11.6 Å². The fraction of sp³-hybridized carbons (Fsp3) is 0.391. The van der Waals surface area contributed by atoms with Gasteiger partial charge in [-0.1, -0.05) is 24.3 Å². The SMILES string of the molecule is COc1ccccc1N1CCN(CCCCOc2cnc3ccccc3n2)CC1. The predicted molar refractivity (Wildman–Crippen MR) is 116 cm³/mol. The van der Waals surface area contributed by atoms with E-state index in [0.717, 1.165) is 62.3 Å². The van der Waals surface area contributed by atoms with Crippen LogP contribution in [0, 0.1) is 0 Å². The maximum Gasteiger partial charge on any atom is 0.232 e. The second-order valence-corrected chi connectivity index (χ2v) is 7.25. The number of fused-ring (bicyclic) bond motifs is 1. The van der Waals surface area contributed by atoms with Gasteiger partial charge in [-0.3, -0.25) is 4.90 Å². The van der Waals surface area contributed by atoms with Gasteiger partial charge in [0.25, 0.3) is 0 Å². The number of nitrogens with zero attached hydrogens (tertiary/aromatic N) is 4. The van der Waals surface area contributed by atoms with Crippen LogP contribution in [-0.4, -0.2) is 61.3 Å². The lowest BCUT2D eigenvalue weighted by atomic mass is 10.2. The molecule has 152 valence electrons. The van der Waals surface area contributed by atoms with Crippen molar-refractivity contribution in [2.45, 2.75) is 12.8 Å². The van der Waals surface area contributed by atoms with Crippen molar-refractivity contribution >= 4 is 16.7 Å². The van der Waals surface area contributed by atoms with Crippen molar-refractivity contribution < 1.29 is 9.47 Å². The Kier molecular flexibility index (Phi) is 6.42. The summed E-state index contributed by atoms with van der Waals surface area (Å²) in [6.07, 6.45) is 3.84. The highest BCUT2D eigenvalue weighted by molar-refractivity contribution is 5.73. The molecule has 0 amide bonds. The Morgan fingerprint density at radius 3 is 2.48 bits per heavy atom. The molecule has 3 aromatic rings. The third-order valence-corrected chi connectivity index (χ3v) is 5.34. The number of para-hydroxylation sites is 4. The molecule has 0 N–H and O–H groups in total. The average molecular weight is 393 g/mol. The first-order valence-electron chi connectivity index (χ1n) is 10.3. The minimum Gasteiger partial charge on any atom is -0.495 e. The Morgan fingerprint density at radius 1 is 0.897 bits per heavy atom. The first-order chi connectivity index (χ1) is 14.3. The molecule has 0 saturated carbocycles. The largest absolute Gasteiger partial charge is 0.495 e. The molecule has 29 heavy (non-hydrogen) atoms. The van der Waals surface area contributed by atoms with E-state index in [1.54, 1.807) is 13.3 Å². The number of rotatable bonds is 8. The molecule has 4 rings (SSSR count).